The van der Waals surface area contributed by atoms with Crippen LogP contribution in [0, 0.1) is 46.7 Å². The van der Waals surface area contributed by atoms with Crippen LogP contribution in [0.15, 0.2) is 60.7 Å². The maximum absolute atomic E-state index is 14.6. The number of rotatable bonds is 15. The van der Waals surface area contributed by atoms with Crippen LogP contribution in [0.2, 0.25) is 0 Å². The SMILES string of the molecule is CCCC1CCC(c2ccc(C(F)(F)Oc3cc(F)c(OC(F)(F)F)c(F)c3)c(F)c2)CC1.CCCCC1CCC(c2ccc(C(F)(F)Oc3cc(F)c(OC(F)(F)F)c(F)c3)c(F)c2)CC1. The molecular formula is C47H46F16O4. The molecule has 4 aromatic carbocycles. The summed E-state index contributed by atoms with van der Waals surface area (Å²) >= 11 is 0. The second kappa shape index (κ2) is 21.9. The number of benzene rings is 4. The molecule has 2 aliphatic carbocycles. The van der Waals surface area contributed by atoms with E-state index in [0.717, 1.165) is 108 Å². The van der Waals surface area contributed by atoms with E-state index >= 15 is 0 Å². The van der Waals surface area contributed by atoms with Gasteiger partial charge in [0.25, 0.3) is 0 Å². The fraction of sp³-hybridized carbons (Fsp3) is 0.489. The third kappa shape index (κ3) is 14.7. The summed E-state index contributed by atoms with van der Waals surface area (Å²) < 4.78 is 231. The molecule has 20 heteroatoms. The third-order valence-corrected chi connectivity index (χ3v) is 11.8. The Morgan fingerprint density at radius 1 is 0.418 bits per heavy atom. The van der Waals surface area contributed by atoms with Crippen LogP contribution in [-0.4, -0.2) is 12.7 Å². The standard InChI is InChI=1S/C24H24F8O2.C23H22F8O2/c1-2-3-4-14-5-7-15(8-6-14)16-9-10-18(19(25)11-16)23(28,29)33-17-12-20(26)22(21(27)13-17)34-24(30,31)32;1-2-3-13-4-6-14(7-5-13)15-8-9-17(18(24)10-15)22(27,28)32-16-11-19(25)21(20(26)12-16)33-23(29,30)31/h9-15H,2-8H2,1H3;8-14H,2-7H2,1H3. The fourth-order valence-electron chi connectivity index (χ4n) is 8.54. The Labute approximate surface area is 375 Å². The molecule has 0 atom stereocenters. The molecule has 370 valence electrons. The number of halogens is 16. The van der Waals surface area contributed by atoms with Crippen molar-refractivity contribution in [1.29, 1.82) is 0 Å². The molecule has 0 unspecified atom stereocenters. The maximum atomic E-state index is 14.6. The van der Waals surface area contributed by atoms with Crippen molar-refractivity contribution in [1.82, 2.24) is 0 Å². The van der Waals surface area contributed by atoms with Crippen molar-refractivity contribution in [2.45, 2.75) is 134 Å². The van der Waals surface area contributed by atoms with E-state index in [-0.39, 0.29) is 36.1 Å². The molecule has 2 fully saturated rings. The van der Waals surface area contributed by atoms with E-state index in [2.05, 4.69) is 32.8 Å². The van der Waals surface area contributed by atoms with Gasteiger partial charge in [0.15, 0.2) is 23.3 Å². The summed E-state index contributed by atoms with van der Waals surface area (Å²) in [6.07, 6.45) is -6.64. The minimum absolute atomic E-state index is 0.0420. The first kappa shape index (κ1) is 52.9. The van der Waals surface area contributed by atoms with Crippen LogP contribution < -0.4 is 18.9 Å². The molecule has 2 saturated carbocycles. The molecule has 67 heavy (non-hydrogen) atoms. The predicted molar refractivity (Wildman–Crippen MR) is 212 cm³/mol. The van der Waals surface area contributed by atoms with Gasteiger partial charge in [0, 0.05) is 24.3 Å². The lowest BCUT2D eigenvalue weighted by molar-refractivity contribution is -0.277. The third-order valence-electron chi connectivity index (χ3n) is 11.8. The molecule has 6 rings (SSSR count). The van der Waals surface area contributed by atoms with E-state index in [1.54, 1.807) is 0 Å². The van der Waals surface area contributed by atoms with Gasteiger partial charge in [-0.1, -0.05) is 58.1 Å². The van der Waals surface area contributed by atoms with Crippen LogP contribution in [0.25, 0.3) is 0 Å². The van der Waals surface area contributed by atoms with Gasteiger partial charge in [-0.2, -0.15) is 17.6 Å². The Morgan fingerprint density at radius 3 is 1.06 bits per heavy atom. The molecule has 0 heterocycles. The lowest BCUT2D eigenvalue weighted by Crippen LogP contribution is -2.24. The molecule has 0 saturated heterocycles. The van der Waals surface area contributed by atoms with Gasteiger partial charge in [-0.15, -0.1) is 26.3 Å². The highest BCUT2D eigenvalue weighted by atomic mass is 19.4. The zero-order valence-corrected chi connectivity index (χ0v) is 36.0. The van der Waals surface area contributed by atoms with Gasteiger partial charge in [-0.25, -0.2) is 26.3 Å². The van der Waals surface area contributed by atoms with Crippen LogP contribution in [0.5, 0.6) is 23.0 Å². The zero-order chi connectivity index (χ0) is 49.5. The molecule has 4 nitrogen and oxygen atoms in total. The van der Waals surface area contributed by atoms with E-state index in [0.29, 0.717) is 23.0 Å². The van der Waals surface area contributed by atoms with Gasteiger partial charge in [-0.3, -0.25) is 0 Å². The van der Waals surface area contributed by atoms with Crippen molar-refractivity contribution in [3.05, 3.63) is 118 Å². The van der Waals surface area contributed by atoms with Crippen LogP contribution in [0.4, 0.5) is 70.2 Å². The van der Waals surface area contributed by atoms with Gasteiger partial charge < -0.3 is 18.9 Å². The summed E-state index contributed by atoms with van der Waals surface area (Å²) in [5.74, 6) is -14.7. The Kier molecular flexibility index (Phi) is 17.3. The van der Waals surface area contributed by atoms with Crippen molar-refractivity contribution in [3.8, 4) is 23.0 Å². The normalized spacial score (nSPS) is 19.3. The van der Waals surface area contributed by atoms with E-state index in [9.17, 15) is 70.2 Å². The number of hydrogen-bond acceptors (Lipinski definition) is 4. The van der Waals surface area contributed by atoms with Gasteiger partial charge in [-0.05, 0) is 110 Å². The summed E-state index contributed by atoms with van der Waals surface area (Å²) in [5, 5.41) is 0. The summed E-state index contributed by atoms with van der Waals surface area (Å²) in [6.45, 7) is 4.23. The van der Waals surface area contributed by atoms with E-state index in [1.165, 1.54) is 12.1 Å². The summed E-state index contributed by atoms with van der Waals surface area (Å²) in [6, 6.07) is 6.82. The molecule has 0 radical (unpaired) electrons. The maximum Gasteiger partial charge on any atom is 0.573 e. The van der Waals surface area contributed by atoms with Crippen molar-refractivity contribution in [3.63, 3.8) is 0 Å². The first-order valence-corrected chi connectivity index (χ1v) is 21.5. The second-order valence-corrected chi connectivity index (χ2v) is 16.6. The molecule has 0 amide bonds. The van der Waals surface area contributed by atoms with Crippen molar-refractivity contribution in [2.24, 2.45) is 11.8 Å². The summed E-state index contributed by atoms with van der Waals surface area (Å²) in [7, 11) is 0. The Balaban J connectivity index is 0.000000251. The van der Waals surface area contributed by atoms with E-state index in [4.69, 9.17) is 0 Å². The molecule has 4 aromatic rings. The summed E-state index contributed by atoms with van der Waals surface area (Å²) in [4.78, 5) is 0. The van der Waals surface area contributed by atoms with Crippen LogP contribution in [-0.2, 0) is 12.2 Å². The van der Waals surface area contributed by atoms with Crippen LogP contribution in [0.1, 0.15) is 131 Å². The van der Waals surface area contributed by atoms with Crippen LogP contribution >= 0.6 is 0 Å². The molecular weight excluding hydrogens is 932 g/mol. The summed E-state index contributed by atoms with van der Waals surface area (Å²) in [5.41, 5.74) is -1.17. The molecule has 0 bridgehead atoms. The molecule has 0 aliphatic heterocycles. The van der Waals surface area contributed by atoms with Gasteiger partial charge >= 0.3 is 24.9 Å². The van der Waals surface area contributed by atoms with Crippen molar-refractivity contribution >= 4 is 0 Å². The number of hydrogen-bond donors (Lipinski definition) is 0. The fourth-order valence-corrected chi connectivity index (χ4v) is 8.54. The average Bonchev–Trinajstić information content (AvgIpc) is 3.22. The van der Waals surface area contributed by atoms with Crippen LogP contribution in [0.3, 0.4) is 0 Å². The first-order valence-electron chi connectivity index (χ1n) is 21.5. The minimum Gasteiger partial charge on any atom is -0.429 e. The van der Waals surface area contributed by atoms with Crippen molar-refractivity contribution in [2.75, 3.05) is 0 Å². The topological polar surface area (TPSA) is 36.9 Å². The lowest BCUT2D eigenvalue weighted by Gasteiger charge is -2.29. The van der Waals surface area contributed by atoms with Gasteiger partial charge in [0.05, 0.1) is 11.1 Å². The van der Waals surface area contributed by atoms with Gasteiger partial charge in [0.2, 0.25) is 11.5 Å². The monoisotopic (exact) mass is 978 g/mol. The average molecular weight is 979 g/mol. The number of alkyl halides is 10. The number of unbranched alkanes of at least 4 members (excludes halogenated alkanes) is 1. The van der Waals surface area contributed by atoms with Crippen molar-refractivity contribution < 1.29 is 89.2 Å². The smallest absolute Gasteiger partial charge is 0.429 e. The molecule has 0 N–H and O–H groups in total. The quantitative estimate of drug-likeness (QED) is 0.111. The largest absolute Gasteiger partial charge is 0.573 e. The van der Waals surface area contributed by atoms with E-state index in [1.807, 2.05) is 0 Å². The second-order valence-electron chi connectivity index (χ2n) is 16.6. The Hall–Kier alpha value is -5.04. The Bertz CT molecular complexity index is 2220. The molecule has 0 aromatic heterocycles. The highest BCUT2D eigenvalue weighted by Gasteiger charge is 2.41. The highest BCUT2D eigenvalue weighted by molar-refractivity contribution is 5.38. The lowest BCUT2D eigenvalue weighted by atomic mass is 9.77. The molecule has 0 spiro atoms. The predicted octanol–water partition coefficient (Wildman–Crippen LogP) is 16.8. The highest BCUT2D eigenvalue weighted by Crippen LogP contribution is 2.43. The minimum atomic E-state index is -5.40. The zero-order valence-electron chi connectivity index (χ0n) is 36.0. The van der Waals surface area contributed by atoms with E-state index < -0.39 is 94.0 Å². The molecule has 2 aliphatic rings. The first-order chi connectivity index (χ1) is 31.3. The van der Waals surface area contributed by atoms with Gasteiger partial charge in [0.1, 0.15) is 23.1 Å². The Morgan fingerprint density at radius 2 is 0.761 bits per heavy atom. The number of ether oxygens (including phenoxy) is 4.